The van der Waals surface area contributed by atoms with Crippen molar-refractivity contribution < 1.29 is 12.8 Å². The summed E-state index contributed by atoms with van der Waals surface area (Å²) in [6, 6.07) is 11.2. The van der Waals surface area contributed by atoms with Crippen molar-refractivity contribution in [3.63, 3.8) is 0 Å². The number of nitrogens with one attached hydrogen (secondary N) is 2. The maximum absolute atomic E-state index is 13.0. The molecule has 0 amide bonds. The van der Waals surface area contributed by atoms with Crippen LogP contribution in [0.3, 0.4) is 0 Å². The minimum atomic E-state index is -3.59. The van der Waals surface area contributed by atoms with E-state index in [2.05, 4.69) is 19.9 Å². The summed E-state index contributed by atoms with van der Waals surface area (Å²) in [5.74, 6) is 0.663. The fourth-order valence-electron chi connectivity index (χ4n) is 2.51. The minimum Gasteiger partial charge on any atom is -0.263 e. The summed E-state index contributed by atoms with van der Waals surface area (Å²) < 4.78 is 40.5. The molecule has 1 heterocycles. The average molecular weight is 374 g/mol. The maximum Gasteiger partial charge on any atom is 0.240 e. The second-order valence-corrected chi connectivity index (χ2v) is 7.76. The van der Waals surface area contributed by atoms with Gasteiger partial charge in [0.2, 0.25) is 10.0 Å². The minimum absolute atomic E-state index is 0.188. The lowest BCUT2D eigenvalue weighted by molar-refractivity contribution is 0.580. The Hall–Kier alpha value is -2.58. The number of hydrogen-bond donors (Lipinski definition) is 2. The van der Waals surface area contributed by atoms with Crippen LogP contribution < -0.4 is 4.72 Å². The van der Waals surface area contributed by atoms with Crippen molar-refractivity contribution in [2.24, 2.45) is 0 Å². The number of sulfonamides is 1. The first-order valence-corrected chi connectivity index (χ1v) is 9.57. The van der Waals surface area contributed by atoms with E-state index in [1.54, 1.807) is 31.2 Å². The fourth-order valence-corrected chi connectivity index (χ4v) is 3.87. The zero-order chi connectivity index (χ0) is 18.7. The van der Waals surface area contributed by atoms with E-state index in [1.807, 2.05) is 13.0 Å². The molecule has 0 saturated carbocycles. The third-order valence-electron chi connectivity index (χ3n) is 3.92. The summed E-state index contributed by atoms with van der Waals surface area (Å²) in [4.78, 5) is 4.59. The van der Waals surface area contributed by atoms with Crippen molar-refractivity contribution in [2.75, 3.05) is 6.54 Å². The molecule has 3 aromatic rings. The molecular formula is C18H19FN4O2S. The van der Waals surface area contributed by atoms with E-state index < -0.39 is 10.0 Å². The zero-order valence-electron chi connectivity index (χ0n) is 14.5. The van der Waals surface area contributed by atoms with E-state index in [0.29, 0.717) is 29.2 Å². The first kappa shape index (κ1) is 18.2. The van der Waals surface area contributed by atoms with Crippen LogP contribution in [0.25, 0.3) is 11.4 Å². The van der Waals surface area contributed by atoms with Gasteiger partial charge < -0.3 is 0 Å². The van der Waals surface area contributed by atoms with Gasteiger partial charge in [0.15, 0.2) is 5.82 Å². The molecule has 0 atom stereocenters. The molecule has 2 N–H and O–H groups in total. The van der Waals surface area contributed by atoms with Crippen molar-refractivity contribution in [1.29, 1.82) is 0 Å². The molecule has 136 valence electrons. The molecule has 6 nitrogen and oxygen atoms in total. The molecule has 26 heavy (non-hydrogen) atoms. The summed E-state index contributed by atoms with van der Waals surface area (Å²) in [5, 5.41) is 6.85. The Kier molecular flexibility index (Phi) is 5.15. The standard InChI is InChI=1S/C18H19FN4O2S/c1-12-3-4-13(2)16(11-12)26(24,25)20-10-9-17-21-18(23-22-17)14-5-7-15(19)8-6-14/h3-8,11,20H,9-10H2,1-2H3,(H,21,22,23). The van der Waals surface area contributed by atoms with Crippen molar-refractivity contribution in [3.05, 3.63) is 65.2 Å². The van der Waals surface area contributed by atoms with E-state index in [4.69, 9.17) is 0 Å². The van der Waals surface area contributed by atoms with Crippen molar-refractivity contribution >= 4 is 10.0 Å². The quantitative estimate of drug-likeness (QED) is 0.694. The Bertz CT molecular complexity index is 1010. The van der Waals surface area contributed by atoms with Crippen LogP contribution in [0.15, 0.2) is 47.4 Å². The predicted octanol–water partition coefficient (Wildman–Crippen LogP) is 2.75. The Morgan fingerprint density at radius 2 is 1.85 bits per heavy atom. The summed E-state index contributed by atoms with van der Waals surface area (Å²) in [7, 11) is -3.59. The van der Waals surface area contributed by atoms with Gasteiger partial charge in [-0.3, -0.25) is 5.10 Å². The van der Waals surface area contributed by atoms with E-state index in [-0.39, 0.29) is 17.3 Å². The number of rotatable bonds is 6. The van der Waals surface area contributed by atoms with Crippen molar-refractivity contribution in [1.82, 2.24) is 19.9 Å². The van der Waals surface area contributed by atoms with Crippen LogP contribution in [0.1, 0.15) is 17.0 Å². The number of aromatic amines is 1. The second-order valence-electron chi connectivity index (χ2n) is 6.03. The summed E-state index contributed by atoms with van der Waals surface area (Å²) >= 11 is 0. The third-order valence-corrected chi connectivity index (χ3v) is 5.52. The number of aryl methyl sites for hydroxylation is 2. The molecule has 1 aromatic heterocycles. The lowest BCUT2D eigenvalue weighted by atomic mass is 10.2. The summed E-state index contributed by atoms with van der Waals surface area (Å²) in [6.07, 6.45) is 0.359. The van der Waals surface area contributed by atoms with Gasteiger partial charge in [-0.25, -0.2) is 22.5 Å². The van der Waals surface area contributed by atoms with Gasteiger partial charge in [-0.2, -0.15) is 5.10 Å². The number of benzene rings is 2. The molecule has 0 aliphatic carbocycles. The third kappa shape index (κ3) is 4.14. The van der Waals surface area contributed by atoms with Crippen LogP contribution in [0.4, 0.5) is 4.39 Å². The molecule has 8 heteroatoms. The lowest BCUT2D eigenvalue weighted by Crippen LogP contribution is -2.27. The molecule has 0 aliphatic rings. The number of nitrogens with zero attached hydrogens (tertiary/aromatic N) is 2. The topological polar surface area (TPSA) is 87.7 Å². The van der Waals surface area contributed by atoms with Gasteiger partial charge >= 0.3 is 0 Å². The highest BCUT2D eigenvalue weighted by atomic mass is 32.2. The molecule has 0 unspecified atom stereocenters. The van der Waals surface area contributed by atoms with Crippen LogP contribution in [0.2, 0.25) is 0 Å². The highest BCUT2D eigenvalue weighted by molar-refractivity contribution is 7.89. The Balaban J connectivity index is 1.65. The van der Waals surface area contributed by atoms with Gasteiger partial charge in [-0.05, 0) is 55.3 Å². The van der Waals surface area contributed by atoms with Gasteiger partial charge in [-0.15, -0.1) is 0 Å². The van der Waals surface area contributed by atoms with Gasteiger partial charge in [0.05, 0.1) is 4.90 Å². The molecule has 0 fully saturated rings. The largest absolute Gasteiger partial charge is 0.263 e. The summed E-state index contributed by atoms with van der Waals surface area (Å²) in [6.45, 7) is 3.80. The highest BCUT2D eigenvalue weighted by Crippen LogP contribution is 2.17. The van der Waals surface area contributed by atoms with Crippen LogP contribution in [0.5, 0.6) is 0 Å². The first-order chi connectivity index (χ1) is 12.3. The molecule has 3 rings (SSSR count). The molecule has 2 aromatic carbocycles. The lowest BCUT2D eigenvalue weighted by Gasteiger charge is -2.09. The molecule has 0 aliphatic heterocycles. The first-order valence-electron chi connectivity index (χ1n) is 8.09. The van der Waals surface area contributed by atoms with E-state index >= 15 is 0 Å². The number of hydrogen-bond acceptors (Lipinski definition) is 4. The Labute approximate surface area is 151 Å². The van der Waals surface area contributed by atoms with E-state index in [0.717, 1.165) is 5.56 Å². The van der Waals surface area contributed by atoms with Gasteiger partial charge in [0.1, 0.15) is 11.6 Å². The predicted molar refractivity (Wildman–Crippen MR) is 96.6 cm³/mol. The highest BCUT2D eigenvalue weighted by Gasteiger charge is 2.16. The number of aromatic nitrogens is 3. The van der Waals surface area contributed by atoms with E-state index in [9.17, 15) is 12.8 Å². The Morgan fingerprint density at radius 1 is 1.12 bits per heavy atom. The molecule has 0 saturated heterocycles. The van der Waals surface area contributed by atoms with Crippen molar-refractivity contribution in [2.45, 2.75) is 25.2 Å². The molecule has 0 radical (unpaired) electrons. The number of H-pyrrole nitrogens is 1. The molecular weight excluding hydrogens is 355 g/mol. The van der Waals surface area contributed by atoms with Crippen molar-refractivity contribution in [3.8, 4) is 11.4 Å². The smallest absolute Gasteiger partial charge is 0.240 e. The van der Waals surface area contributed by atoms with Crippen LogP contribution >= 0.6 is 0 Å². The van der Waals surface area contributed by atoms with Gasteiger partial charge in [-0.1, -0.05) is 12.1 Å². The summed E-state index contributed by atoms with van der Waals surface area (Å²) in [5.41, 5.74) is 2.27. The second kappa shape index (κ2) is 7.35. The Morgan fingerprint density at radius 3 is 2.58 bits per heavy atom. The average Bonchev–Trinajstić information content (AvgIpc) is 3.06. The zero-order valence-corrected chi connectivity index (χ0v) is 15.3. The van der Waals surface area contributed by atoms with Crippen LogP contribution in [-0.4, -0.2) is 30.1 Å². The van der Waals surface area contributed by atoms with E-state index in [1.165, 1.54) is 12.1 Å². The number of halogens is 1. The van der Waals surface area contributed by atoms with Crippen LogP contribution in [0, 0.1) is 19.7 Å². The fraction of sp³-hybridized carbons (Fsp3) is 0.222. The van der Waals surface area contributed by atoms with Gasteiger partial charge in [0.25, 0.3) is 0 Å². The van der Waals surface area contributed by atoms with Gasteiger partial charge in [0, 0.05) is 18.5 Å². The monoisotopic (exact) mass is 374 g/mol. The normalized spacial score (nSPS) is 11.7. The van der Waals surface area contributed by atoms with Crippen LogP contribution in [-0.2, 0) is 16.4 Å². The SMILES string of the molecule is Cc1ccc(C)c(S(=O)(=O)NCCc2nc(-c3ccc(F)cc3)n[nH]2)c1. The maximum atomic E-state index is 13.0. The molecule has 0 bridgehead atoms. The molecule has 0 spiro atoms.